The fourth-order valence-corrected chi connectivity index (χ4v) is 1.88. The minimum atomic E-state index is -0.763. The Balaban J connectivity index is 2.27. The lowest BCUT2D eigenvalue weighted by atomic mass is 10.3. The van der Waals surface area contributed by atoms with Crippen molar-refractivity contribution >= 4 is 23.0 Å². The van der Waals surface area contributed by atoms with E-state index in [1.807, 2.05) is 35.9 Å². The van der Waals surface area contributed by atoms with E-state index < -0.39 is 5.97 Å². The Hall–Kier alpha value is -2.04. The summed E-state index contributed by atoms with van der Waals surface area (Å²) in [6.45, 7) is 0.656. The average molecular weight is 233 g/mol. The summed E-state index contributed by atoms with van der Waals surface area (Å²) in [6.07, 6.45) is 0.778. The van der Waals surface area contributed by atoms with Gasteiger partial charge >= 0.3 is 5.97 Å². The van der Waals surface area contributed by atoms with Crippen molar-refractivity contribution in [1.82, 2.24) is 9.55 Å². The third-order valence-corrected chi connectivity index (χ3v) is 2.65. The third kappa shape index (κ3) is 2.38. The van der Waals surface area contributed by atoms with Gasteiger partial charge in [-0.15, -0.1) is 0 Å². The molecule has 0 spiro atoms. The molecule has 5 heteroatoms. The highest BCUT2D eigenvalue weighted by Crippen LogP contribution is 2.19. The predicted molar refractivity (Wildman–Crippen MR) is 66.1 cm³/mol. The monoisotopic (exact) mass is 233 g/mol. The summed E-state index contributed by atoms with van der Waals surface area (Å²) >= 11 is 0. The second kappa shape index (κ2) is 4.86. The van der Waals surface area contributed by atoms with E-state index in [9.17, 15) is 4.79 Å². The molecular formula is C12H15N3O2. The Labute approximate surface area is 99.1 Å². The van der Waals surface area contributed by atoms with Gasteiger partial charge in [0.05, 0.1) is 11.0 Å². The van der Waals surface area contributed by atoms with E-state index in [4.69, 9.17) is 5.11 Å². The molecule has 2 rings (SSSR count). The quantitative estimate of drug-likeness (QED) is 0.828. The molecule has 0 atom stereocenters. The van der Waals surface area contributed by atoms with Gasteiger partial charge in [0.2, 0.25) is 5.95 Å². The van der Waals surface area contributed by atoms with Crippen molar-refractivity contribution in [2.75, 3.05) is 12.4 Å². The van der Waals surface area contributed by atoms with E-state index >= 15 is 0 Å². The summed E-state index contributed by atoms with van der Waals surface area (Å²) in [5.41, 5.74) is 1.95. The molecular weight excluding hydrogens is 218 g/mol. The molecule has 0 fully saturated rings. The normalized spacial score (nSPS) is 10.6. The molecule has 0 aliphatic rings. The first-order chi connectivity index (χ1) is 8.22. The van der Waals surface area contributed by atoms with Gasteiger partial charge in [-0.2, -0.15) is 0 Å². The van der Waals surface area contributed by atoms with Gasteiger partial charge in [-0.1, -0.05) is 12.1 Å². The van der Waals surface area contributed by atoms with Crippen LogP contribution in [-0.4, -0.2) is 27.7 Å². The number of para-hydroxylation sites is 2. The van der Waals surface area contributed by atoms with E-state index in [-0.39, 0.29) is 6.42 Å². The molecule has 2 N–H and O–H groups in total. The molecule has 0 amide bonds. The van der Waals surface area contributed by atoms with Gasteiger partial charge in [0.15, 0.2) is 0 Å². The zero-order chi connectivity index (χ0) is 12.3. The lowest BCUT2D eigenvalue weighted by Gasteiger charge is -2.07. The maximum absolute atomic E-state index is 10.5. The van der Waals surface area contributed by atoms with Crippen LogP contribution in [0.15, 0.2) is 24.3 Å². The van der Waals surface area contributed by atoms with Gasteiger partial charge in [-0.3, -0.25) is 4.79 Å². The standard InChI is InChI=1S/C12H15N3O2/c1-13-12-14-9-5-2-3-6-10(9)15(12)8-4-7-11(16)17/h2-3,5-6H,4,7-8H2,1H3,(H,13,14)(H,16,17). The molecule has 90 valence electrons. The smallest absolute Gasteiger partial charge is 0.303 e. The maximum Gasteiger partial charge on any atom is 0.303 e. The zero-order valence-electron chi connectivity index (χ0n) is 9.68. The molecule has 0 bridgehead atoms. The number of aromatic nitrogens is 2. The predicted octanol–water partition coefficient (Wildman–Crippen LogP) is 1.94. The Morgan fingerprint density at radius 1 is 1.47 bits per heavy atom. The fourth-order valence-electron chi connectivity index (χ4n) is 1.88. The van der Waals surface area contributed by atoms with Gasteiger partial charge in [-0.25, -0.2) is 4.98 Å². The summed E-state index contributed by atoms with van der Waals surface area (Å²) in [4.78, 5) is 14.9. The molecule has 17 heavy (non-hydrogen) atoms. The van der Waals surface area contributed by atoms with E-state index in [1.165, 1.54) is 0 Å². The van der Waals surface area contributed by atoms with Gasteiger partial charge in [-0.05, 0) is 18.6 Å². The zero-order valence-corrected chi connectivity index (χ0v) is 9.68. The van der Waals surface area contributed by atoms with Crippen molar-refractivity contribution < 1.29 is 9.90 Å². The van der Waals surface area contributed by atoms with Crippen molar-refractivity contribution in [3.63, 3.8) is 0 Å². The number of carboxylic acid groups (broad SMARTS) is 1. The molecule has 5 nitrogen and oxygen atoms in total. The Kier molecular flexibility index (Phi) is 3.27. The first kappa shape index (κ1) is 11.4. The van der Waals surface area contributed by atoms with E-state index in [2.05, 4.69) is 10.3 Å². The van der Waals surface area contributed by atoms with Crippen LogP contribution in [0.4, 0.5) is 5.95 Å². The number of aliphatic carboxylic acids is 1. The van der Waals surface area contributed by atoms with Gasteiger partial charge in [0.1, 0.15) is 0 Å². The number of aryl methyl sites for hydroxylation is 1. The number of hydrogen-bond acceptors (Lipinski definition) is 3. The minimum absolute atomic E-state index is 0.176. The highest BCUT2D eigenvalue weighted by Gasteiger charge is 2.08. The number of carboxylic acids is 1. The average Bonchev–Trinajstić information content (AvgIpc) is 2.67. The van der Waals surface area contributed by atoms with Crippen LogP contribution in [0.5, 0.6) is 0 Å². The molecule has 0 aliphatic carbocycles. The molecule has 0 saturated carbocycles. The van der Waals surface area contributed by atoms with Crippen LogP contribution in [0.3, 0.4) is 0 Å². The van der Waals surface area contributed by atoms with Gasteiger partial charge in [0, 0.05) is 20.0 Å². The summed E-state index contributed by atoms with van der Waals surface area (Å²) < 4.78 is 2.01. The van der Waals surface area contributed by atoms with E-state index in [0.717, 1.165) is 17.0 Å². The van der Waals surface area contributed by atoms with Crippen LogP contribution in [0.25, 0.3) is 11.0 Å². The molecule has 0 radical (unpaired) electrons. The number of carbonyl (C=O) groups is 1. The molecule has 1 aromatic carbocycles. The number of nitrogens with zero attached hydrogens (tertiary/aromatic N) is 2. The second-order valence-electron chi connectivity index (χ2n) is 3.82. The van der Waals surface area contributed by atoms with Crippen LogP contribution in [0.2, 0.25) is 0 Å². The molecule has 0 aliphatic heterocycles. The number of benzene rings is 1. The first-order valence-electron chi connectivity index (χ1n) is 5.57. The van der Waals surface area contributed by atoms with Crippen LogP contribution in [0.1, 0.15) is 12.8 Å². The number of hydrogen-bond donors (Lipinski definition) is 2. The van der Waals surface area contributed by atoms with Crippen molar-refractivity contribution in [2.24, 2.45) is 0 Å². The van der Waals surface area contributed by atoms with Crippen LogP contribution < -0.4 is 5.32 Å². The summed E-state index contributed by atoms with van der Waals surface area (Å²) in [5.74, 6) is 0.0111. The molecule has 0 saturated heterocycles. The Morgan fingerprint density at radius 3 is 2.94 bits per heavy atom. The van der Waals surface area contributed by atoms with Crippen LogP contribution in [-0.2, 0) is 11.3 Å². The van der Waals surface area contributed by atoms with Gasteiger partial charge < -0.3 is 15.0 Å². The number of fused-ring (bicyclic) bond motifs is 1. The number of imidazole rings is 1. The number of anilines is 1. The lowest BCUT2D eigenvalue weighted by Crippen LogP contribution is -2.05. The van der Waals surface area contributed by atoms with Crippen LogP contribution >= 0.6 is 0 Å². The highest BCUT2D eigenvalue weighted by atomic mass is 16.4. The molecule has 1 heterocycles. The molecule has 0 unspecified atom stereocenters. The first-order valence-corrected chi connectivity index (χ1v) is 5.57. The van der Waals surface area contributed by atoms with E-state index in [0.29, 0.717) is 13.0 Å². The second-order valence-corrected chi connectivity index (χ2v) is 3.82. The lowest BCUT2D eigenvalue weighted by molar-refractivity contribution is -0.137. The largest absolute Gasteiger partial charge is 0.481 e. The topological polar surface area (TPSA) is 67.2 Å². The van der Waals surface area contributed by atoms with E-state index in [1.54, 1.807) is 0 Å². The molecule has 1 aromatic heterocycles. The summed E-state index contributed by atoms with van der Waals surface area (Å²) in [7, 11) is 1.81. The number of nitrogens with one attached hydrogen (secondary N) is 1. The highest BCUT2D eigenvalue weighted by molar-refractivity contribution is 5.78. The van der Waals surface area contributed by atoms with Crippen molar-refractivity contribution in [1.29, 1.82) is 0 Å². The fraction of sp³-hybridized carbons (Fsp3) is 0.333. The van der Waals surface area contributed by atoms with Crippen molar-refractivity contribution in [2.45, 2.75) is 19.4 Å². The Morgan fingerprint density at radius 2 is 2.24 bits per heavy atom. The van der Waals surface area contributed by atoms with Crippen molar-refractivity contribution in [3.8, 4) is 0 Å². The number of rotatable bonds is 5. The van der Waals surface area contributed by atoms with Crippen LogP contribution in [0, 0.1) is 0 Å². The SMILES string of the molecule is CNc1nc2ccccc2n1CCCC(=O)O. The summed E-state index contributed by atoms with van der Waals surface area (Å²) in [6, 6.07) is 7.83. The minimum Gasteiger partial charge on any atom is -0.481 e. The third-order valence-electron chi connectivity index (χ3n) is 2.65. The van der Waals surface area contributed by atoms with Gasteiger partial charge in [0.25, 0.3) is 0 Å². The molecule has 2 aromatic rings. The Bertz CT molecular complexity index is 534. The maximum atomic E-state index is 10.5. The van der Waals surface area contributed by atoms with Crippen molar-refractivity contribution in [3.05, 3.63) is 24.3 Å². The summed E-state index contributed by atoms with van der Waals surface area (Å²) in [5, 5.41) is 11.7.